The maximum Gasteiger partial charge on any atom is 0.257 e. The molecule has 144 valence electrons. The van der Waals surface area contributed by atoms with Crippen molar-refractivity contribution in [2.45, 2.75) is 39.5 Å². The van der Waals surface area contributed by atoms with E-state index in [1.165, 1.54) is 19.3 Å². The lowest BCUT2D eigenvalue weighted by atomic mass is 10.0. The van der Waals surface area contributed by atoms with Crippen LogP contribution in [0.1, 0.15) is 49.9 Å². The number of thiocarbonyl (C=S) groups is 1. The number of hydrogen-bond acceptors (Lipinski definition) is 3. The van der Waals surface area contributed by atoms with E-state index in [0.717, 1.165) is 13.0 Å². The molecule has 0 aliphatic carbocycles. The molecule has 1 atom stereocenters. The van der Waals surface area contributed by atoms with Crippen LogP contribution in [0.3, 0.4) is 0 Å². The summed E-state index contributed by atoms with van der Waals surface area (Å²) in [5.74, 6) is -0.315. The fraction of sp³-hybridized carbons (Fsp3) is 0.500. The van der Waals surface area contributed by atoms with Crippen molar-refractivity contribution >= 4 is 40.7 Å². The molecule has 1 aromatic carbocycles. The number of hydrogen-bond donors (Lipinski definition) is 4. The van der Waals surface area contributed by atoms with Crippen LogP contribution >= 0.6 is 23.8 Å². The molecule has 0 aliphatic rings. The molecule has 0 heterocycles. The Morgan fingerprint density at radius 1 is 1.15 bits per heavy atom. The van der Waals surface area contributed by atoms with Gasteiger partial charge >= 0.3 is 0 Å². The molecule has 1 aromatic rings. The van der Waals surface area contributed by atoms with Crippen LogP contribution in [0.15, 0.2) is 24.3 Å². The van der Waals surface area contributed by atoms with Crippen molar-refractivity contribution in [2.75, 3.05) is 13.1 Å². The van der Waals surface area contributed by atoms with Gasteiger partial charge in [-0.05, 0) is 36.7 Å². The molecule has 26 heavy (non-hydrogen) atoms. The minimum Gasteiger partial charge on any atom is -0.361 e. The molecule has 0 saturated heterocycles. The number of rotatable bonds is 9. The van der Waals surface area contributed by atoms with E-state index in [-0.39, 0.29) is 6.54 Å². The number of benzene rings is 1. The molecule has 0 radical (unpaired) electrons. The number of unbranched alkanes of at least 4 members (excludes halogenated alkanes) is 2. The molecule has 0 bridgehead atoms. The van der Waals surface area contributed by atoms with E-state index < -0.39 is 11.8 Å². The maximum absolute atomic E-state index is 12.0. The van der Waals surface area contributed by atoms with Gasteiger partial charge in [-0.3, -0.25) is 20.4 Å². The molecular formula is C18H27ClN4O2S. The molecule has 0 aromatic heterocycles. The third kappa shape index (κ3) is 9.01. The maximum atomic E-state index is 12.0. The first-order chi connectivity index (χ1) is 12.4. The average molecular weight is 399 g/mol. The molecule has 1 rings (SSSR count). The highest BCUT2D eigenvalue weighted by atomic mass is 35.5. The van der Waals surface area contributed by atoms with E-state index in [4.69, 9.17) is 23.8 Å². The molecule has 4 N–H and O–H groups in total. The van der Waals surface area contributed by atoms with Gasteiger partial charge in [0, 0.05) is 6.54 Å². The van der Waals surface area contributed by atoms with Gasteiger partial charge in [0.15, 0.2) is 5.11 Å². The summed E-state index contributed by atoms with van der Waals surface area (Å²) in [7, 11) is 0. The summed E-state index contributed by atoms with van der Waals surface area (Å²) >= 11 is 11.1. The van der Waals surface area contributed by atoms with Gasteiger partial charge in [0.05, 0.1) is 17.1 Å². The van der Waals surface area contributed by atoms with Gasteiger partial charge in [-0.2, -0.15) is 0 Å². The monoisotopic (exact) mass is 398 g/mol. The second-order valence-electron chi connectivity index (χ2n) is 6.15. The minimum absolute atomic E-state index is 0.187. The zero-order valence-corrected chi connectivity index (χ0v) is 16.8. The first kappa shape index (κ1) is 22.2. The summed E-state index contributed by atoms with van der Waals surface area (Å²) in [5.41, 5.74) is 5.39. The molecule has 8 heteroatoms. The van der Waals surface area contributed by atoms with Gasteiger partial charge in [-0.1, -0.05) is 56.8 Å². The van der Waals surface area contributed by atoms with Gasteiger partial charge < -0.3 is 10.6 Å². The van der Waals surface area contributed by atoms with E-state index in [0.29, 0.717) is 21.6 Å². The van der Waals surface area contributed by atoms with E-state index in [1.807, 2.05) is 0 Å². The lowest BCUT2D eigenvalue weighted by Crippen LogP contribution is -2.50. The molecule has 0 unspecified atom stereocenters. The third-order valence-electron chi connectivity index (χ3n) is 3.75. The Morgan fingerprint density at radius 2 is 1.88 bits per heavy atom. The van der Waals surface area contributed by atoms with Crippen molar-refractivity contribution in [3.63, 3.8) is 0 Å². The Labute approximate surface area is 165 Å². The fourth-order valence-electron chi connectivity index (χ4n) is 2.23. The molecule has 0 fully saturated rings. The summed E-state index contributed by atoms with van der Waals surface area (Å²) in [6.45, 7) is 4.90. The van der Waals surface area contributed by atoms with Crippen molar-refractivity contribution in [2.24, 2.45) is 5.92 Å². The molecule has 0 aliphatic heterocycles. The predicted octanol–water partition coefficient (Wildman–Crippen LogP) is 2.78. The second kappa shape index (κ2) is 12.5. The van der Waals surface area contributed by atoms with Crippen LogP contribution in [-0.2, 0) is 4.79 Å². The van der Waals surface area contributed by atoms with Crippen molar-refractivity contribution in [1.82, 2.24) is 21.5 Å². The van der Waals surface area contributed by atoms with Gasteiger partial charge in [-0.25, -0.2) is 0 Å². The highest BCUT2D eigenvalue weighted by Gasteiger charge is 2.11. The van der Waals surface area contributed by atoms with Crippen LogP contribution in [0.4, 0.5) is 0 Å². The number of nitrogens with one attached hydrogen (secondary N) is 4. The largest absolute Gasteiger partial charge is 0.361 e. The van der Waals surface area contributed by atoms with Crippen LogP contribution < -0.4 is 21.5 Å². The predicted molar refractivity (Wildman–Crippen MR) is 109 cm³/mol. The normalized spacial score (nSPS) is 11.3. The highest BCUT2D eigenvalue weighted by molar-refractivity contribution is 7.80. The van der Waals surface area contributed by atoms with Crippen LogP contribution in [0.25, 0.3) is 0 Å². The van der Waals surface area contributed by atoms with Crippen LogP contribution in [0, 0.1) is 5.92 Å². The Hall–Kier alpha value is -1.86. The number of carbonyl (C=O) groups excluding carboxylic acids is 2. The van der Waals surface area contributed by atoms with Crippen molar-refractivity contribution in [3.8, 4) is 0 Å². The summed E-state index contributed by atoms with van der Waals surface area (Å²) in [5, 5.41) is 6.25. The SMILES string of the molecule is CCCCC[C@@H](C)CNC(=S)NNC(=O)CNC(=O)c1ccccc1Cl. The molecule has 0 spiro atoms. The topological polar surface area (TPSA) is 82.3 Å². The Kier molecular flexibility index (Phi) is 10.7. The number of amides is 2. The van der Waals surface area contributed by atoms with Crippen molar-refractivity contribution in [1.29, 1.82) is 0 Å². The highest BCUT2D eigenvalue weighted by Crippen LogP contribution is 2.14. The molecule has 6 nitrogen and oxygen atoms in total. The van der Waals surface area contributed by atoms with Gasteiger partial charge in [0.1, 0.15) is 0 Å². The van der Waals surface area contributed by atoms with Crippen LogP contribution in [-0.4, -0.2) is 30.0 Å². The quantitative estimate of drug-likeness (QED) is 0.292. The third-order valence-corrected chi connectivity index (χ3v) is 4.33. The summed E-state index contributed by atoms with van der Waals surface area (Å²) < 4.78 is 0. The van der Waals surface area contributed by atoms with E-state index >= 15 is 0 Å². The second-order valence-corrected chi connectivity index (χ2v) is 6.96. The molecule has 2 amide bonds. The zero-order chi connectivity index (χ0) is 19.4. The first-order valence-corrected chi connectivity index (χ1v) is 9.58. The van der Waals surface area contributed by atoms with Gasteiger partial charge in [-0.15, -0.1) is 0 Å². The standard InChI is InChI=1S/C18H27ClN4O2S/c1-3-4-5-8-13(2)11-21-18(26)23-22-16(24)12-20-17(25)14-9-6-7-10-15(14)19/h6-7,9-10,13H,3-5,8,11-12H2,1-2H3,(H,20,25)(H,22,24)(H2,21,23,26)/t13-/m1/s1. The average Bonchev–Trinajstić information content (AvgIpc) is 2.63. The first-order valence-electron chi connectivity index (χ1n) is 8.79. The summed E-state index contributed by atoms with van der Waals surface area (Å²) in [6.07, 6.45) is 4.80. The number of carbonyl (C=O) groups is 2. The van der Waals surface area contributed by atoms with E-state index in [2.05, 4.69) is 35.3 Å². The fourth-order valence-corrected chi connectivity index (χ4v) is 2.58. The molecular weight excluding hydrogens is 372 g/mol. The van der Waals surface area contributed by atoms with Crippen molar-refractivity contribution in [3.05, 3.63) is 34.9 Å². The summed E-state index contributed by atoms with van der Waals surface area (Å²) in [6, 6.07) is 6.64. The lowest BCUT2D eigenvalue weighted by molar-refractivity contribution is -0.120. The van der Waals surface area contributed by atoms with E-state index in [1.54, 1.807) is 24.3 Å². The Balaban J connectivity index is 2.20. The smallest absolute Gasteiger partial charge is 0.257 e. The summed E-state index contributed by atoms with van der Waals surface area (Å²) in [4.78, 5) is 23.7. The van der Waals surface area contributed by atoms with Gasteiger partial charge in [0.25, 0.3) is 11.8 Å². The Morgan fingerprint density at radius 3 is 2.58 bits per heavy atom. The zero-order valence-electron chi connectivity index (χ0n) is 15.2. The van der Waals surface area contributed by atoms with Crippen LogP contribution in [0.2, 0.25) is 5.02 Å². The number of halogens is 1. The van der Waals surface area contributed by atoms with Crippen molar-refractivity contribution < 1.29 is 9.59 Å². The Bertz CT molecular complexity index is 613. The van der Waals surface area contributed by atoms with E-state index in [9.17, 15) is 9.59 Å². The van der Waals surface area contributed by atoms with Gasteiger partial charge in [0.2, 0.25) is 0 Å². The minimum atomic E-state index is -0.412. The van der Waals surface area contributed by atoms with Crippen LogP contribution in [0.5, 0.6) is 0 Å². The lowest BCUT2D eigenvalue weighted by Gasteiger charge is -2.15. The number of hydrazine groups is 1. The molecule has 0 saturated carbocycles.